The normalized spacial score (nSPS) is 11.3. The Kier molecular flexibility index (Phi) is 4.53. The van der Waals surface area contributed by atoms with Crippen molar-refractivity contribution in [3.8, 4) is 0 Å². The smallest absolute Gasteiger partial charge is 0.268 e. The SMILES string of the molecule is Cc1cccc(CNC(=O)c2cc3sccc3n2CC(C)C)c1. The molecule has 3 aromatic rings. The molecule has 0 aliphatic heterocycles. The van der Waals surface area contributed by atoms with Crippen LogP contribution < -0.4 is 5.32 Å². The van der Waals surface area contributed by atoms with Crippen molar-refractivity contribution in [2.45, 2.75) is 33.9 Å². The lowest BCUT2D eigenvalue weighted by atomic mass is 10.1. The average molecular weight is 326 g/mol. The highest BCUT2D eigenvalue weighted by Crippen LogP contribution is 2.26. The summed E-state index contributed by atoms with van der Waals surface area (Å²) in [4.78, 5) is 12.6. The van der Waals surface area contributed by atoms with Crippen LogP contribution in [0.3, 0.4) is 0 Å². The minimum Gasteiger partial charge on any atom is -0.347 e. The molecule has 0 saturated heterocycles. The van der Waals surface area contributed by atoms with Gasteiger partial charge in [0.2, 0.25) is 0 Å². The quantitative estimate of drug-likeness (QED) is 0.730. The van der Waals surface area contributed by atoms with E-state index in [-0.39, 0.29) is 5.91 Å². The van der Waals surface area contributed by atoms with E-state index in [0.29, 0.717) is 12.5 Å². The first-order valence-electron chi connectivity index (χ1n) is 7.95. The Hall–Kier alpha value is -2.07. The van der Waals surface area contributed by atoms with Gasteiger partial charge in [0.1, 0.15) is 5.69 Å². The summed E-state index contributed by atoms with van der Waals surface area (Å²) in [6.45, 7) is 7.82. The van der Waals surface area contributed by atoms with Gasteiger partial charge in [0, 0.05) is 13.1 Å². The molecule has 0 aliphatic carbocycles. The summed E-state index contributed by atoms with van der Waals surface area (Å²) >= 11 is 1.68. The highest BCUT2D eigenvalue weighted by molar-refractivity contribution is 7.17. The minimum atomic E-state index is -0.00411. The molecular formula is C19H22N2OS. The molecule has 0 aliphatic rings. The fourth-order valence-corrected chi connectivity index (χ4v) is 3.64. The van der Waals surface area contributed by atoms with Gasteiger partial charge in [0.05, 0.1) is 10.2 Å². The Balaban J connectivity index is 1.81. The molecule has 0 bridgehead atoms. The first kappa shape index (κ1) is 15.8. The van der Waals surface area contributed by atoms with Crippen molar-refractivity contribution in [3.05, 3.63) is 58.6 Å². The Morgan fingerprint density at radius 3 is 2.83 bits per heavy atom. The van der Waals surface area contributed by atoms with E-state index in [0.717, 1.165) is 23.3 Å². The number of aryl methyl sites for hydroxylation is 1. The molecule has 0 spiro atoms. The van der Waals surface area contributed by atoms with Gasteiger partial charge < -0.3 is 9.88 Å². The highest BCUT2D eigenvalue weighted by Gasteiger charge is 2.16. The van der Waals surface area contributed by atoms with Crippen LogP contribution in [0.4, 0.5) is 0 Å². The number of nitrogens with zero attached hydrogens (tertiary/aromatic N) is 1. The summed E-state index contributed by atoms with van der Waals surface area (Å²) < 4.78 is 3.31. The second-order valence-corrected chi connectivity index (χ2v) is 7.32. The second-order valence-electron chi connectivity index (χ2n) is 6.38. The van der Waals surface area contributed by atoms with Gasteiger partial charge in [0.15, 0.2) is 0 Å². The Bertz CT molecular complexity index is 829. The molecule has 2 aromatic heterocycles. The summed E-state index contributed by atoms with van der Waals surface area (Å²) in [7, 11) is 0. The molecule has 0 atom stereocenters. The highest BCUT2D eigenvalue weighted by atomic mass is 32.1. The largest absolute Gasteiger partial charge is 0.347 e. The zero-order valence-electron chi connectivity index (χ0n) is 13.8. The van der Waals surface area contributed by atoms with Crippen molar-refractivity contribution in [1.29, 1.82) is 0 Å². The topological polar surface area (TPSA) is 34.0 Å². The summed E-state index contributed by atoms with van der Waals surface area (Å²) in [5, 5.41) is 5.13. The maximum atomic E-state index is 12.6. The predicted octanol–water partition coefficient (Wildman–Crippen LogP) is 4.60. The predicted molar refractivity (Wildman–Crippen MR) is 97.0 cm³/mol. The number of hydrogen-bond donors (Lipinski definition) is 1. The van der Waals surface area contributed by atoms with Crippen LogP contribution in [0.5, 0.6) is 0 Å². The van der Waals surface area contributed by atoms with Gasteiger partial charge in [-0.2, -0.15) is 0 Å². The van der Waals surface area contributed by atoms with Crippen molar-refractivity contribution in [1.82, 2.24) is 9.88 Å². The van der Waals surface area contributed by atoms with E-state index in [1.807, 2.05) is 18.2 Å². The third-order valence-electron chi connectivity index (χ3n) is 3.84. The molecule has 23 heavy (non-hydrogen) atoms. The van der Waals surface area contributed by atoms with Crippen LogP contribution in [0.25, 0.3) is 10.2 Å². The summed E-state index contributed by atoms with van der Waals surface area (Å²) in [5.41, 5.74) is 4.25. The molecule has 1 N–H and O–H groups in total. The van der Waals surface area contributed by atoms with Gasteiger partial charge in [-0.1, -0.05) is 43.7 Å². The van der Waals surface area contributed by atoms with Gasteiger partial charge in [-0.25, -0.2) is 0 Å². The van der Waals surface area contributed by atoms with E-state index in [2.05, 4.69) is 54.2 Å². The zero-order valence-corrected chi connectivity index (χ0v) is 14.6. The number of rotatable bonds is 5. The Morgan fingerprint density at radius 2 is 2.09 bits per heavy atom. The van der Waals surface area contributed by atoms with Crippen LogP contribution in [0.2, 0.25) is 0 Å². The van der Waals surface area contributed by atoms with Gasteiger partial charge in [-0.05, 0) is 35.9 Å². The summed E-state index contributed by atoms with van der Waals surface area (Å²) in [6, 6.07) is 12.3. The van der Waals surface area contributed by atoms with Gasteiger partial charge >= 0.3 is 0 Å². The van der Waals surface area contributed by atoms with Crippen LogP contribution >= 0.6 is 11.3 Å². The number of benzene rings is 1. The lowest BCUT2D eigenvalue weighted by Gasteiger charge is -2.13. The van der Waals surface area contributed by atoms with Crippen molar-refractivity contribution < 1.29 is 4.79 Å². The molecule has 0 radical (unpaired) electrons. The Labute approximate surface area is 140 Å². The van der Waals surface area contributed by atoms with Crippen molar-refractivity contribution in [2.75, 3.05) is 0 Å². The second kappa shape index (κ2) is 6.59. The average Bonchev–Trinajstić information content (AvgIpc) is 3.07. The maximum absolute atomic E-state index is 12.6. The molecule has 4 heteroatoms. The molecule has 0 unspecified atom stereocenters. The van der Waals surface area contributed by atoms with Crippen LogP contribution in [0, 0.1) is 12.8 Å². The van der Waals surface area contributed by atoms with E-state index in [9.17, 15) is 4.79 Å². The van der Waals surface area contributed by atoms with Crippen molar-refractivity contribution >= 4 is 27.5 Å². The number of fused-ring (bicyclic) bond motifs is 1. The van der Waals surface area contributed by atoms with Crippen molar-refractivity contribution in [3.63, 3.8) is 0 Å². The van der Waals surface area contributed by atoms with Gasteiger partial charge in [-0.15, -0.1) is 11.3 Å². The molecule has 1 aromatic carbocycles. The number of nitrogens with one attached hydrogen (secondary N) is 1. The molecule has 0 saturated carbocycles. The maximum Gasteiger partial charge on any atom is 0.268 e. The van der Waals surface area contributed by atoms with Crippen LogP contribution in [0.15, 0.2) is 41.8 Å². The molecule has 3 nitrogen and oxygen atoms in total. The number of thiophene rings is 1. The Morgan fingerprint density at radius 1 is 1.26 bits per heavy atom. The molecule has 3 rings (SSSR count). The number of amides is 1. The summed E-state index contributed by atoms with van der Waals surface area (Å²) in [6.07, 6.45) is 0. The number of carbonyl (C=O) groups is 1. The number of aromatic nitrogens is 1. The fraction of sp³-hybridized carbons (Fsp3) is 0.316. The van der Waals surface area contributed by atoms with Gasteiger partial charge in [0.25, 0.3) is 5.91 Å². The zero-order chi connectivity index (χ0) is 16.4. The number of hydrogen-bond acceptors (Lipinski definition) is 2. The lowest BCUT2D eigenvalue weighted by molar-refractivity contribution is 0.0941. The molecule has 2 heterocycles. The molecule has 1 amide bonds. The first-order valence-corrected chi connectivity index (χ1v) is 8.83. The van der Waals surface area contributed by atoms with E-state index >= 15 is 0 Å². The van der Waals surface area contributed by atoms with Crippen molar-refractivity contribution in [2.24, 2.45) is 5.92 Å². The van der Waals surface area contributed by atoms with Crippen LogP contribution in [-0.2, 0) is 13.1 Å². The molecular weight excluding hydrogens is 304 g/mol. The summed E-state index contributed by atoms with van der Waals surface area (Å²) in [5.74, 6) is 0.490. The van der Waals surface area contributed by atoms with E-state index < -0.39 is 0 Å². The lowest BCUT2D eigenvalue weighted by Crippen LogP contribution is -2.26. The van der Waals surface area contributed by atoms with E-state index in [4.69, 9.17) is 0 Å². The third kappa shape index (κ3) is 3.48. The van der Waals surface area contributed by atoms with Crippen LogP contribution in [0.1, 0.15) is 35.5 Å². The molecule has 0 fully saturated rings. The third-order valence-corrected chi connectivity index (χ3v) is 4.69. The first-order chi connectivity index (χ1) is 11.0. The fourth-order valence-electron chi connectivity index (χ4n) is 2.82. The monoisotopic (exact) mass is 326 g/mol. The van der Waals surface area contributed by atoms with E-state index in [1.54, 1.807) is 11.3 Å². The molecule has 120 valence electrons. The standard InChI is InChI=1S/C19H22N2OS/c1-13(2)12-21-16-7-8-23-18(16)10-17(21)19(22)20-11-15-6-4-5-14(3)9-15/h4-10,13H,11-12H2,1-3H3,(H,20,22). The van der Waals surface area contributed by atoms with Gasteiger partial charge in [-0.3, -0.25) is 4.79 Å². The van der Waals surface area contributed by atoms with E-state index in [1.165, 1.54) is 10.3 Å². The minimum absolute atomic E-state index is 0.00411. The number of carbonyl (C=O) groups excluding carboxylic acids is 1. The van der Waals surface area contributed by atoms with Crippen LogP contribution in [-0.4, -0.2) is 10.5 Å².